The maximum absolute atomic E-state index is 13.3. The number of rotatable bonds is 4. The Hall–Kier alpha value is -1.88. The molecular weight excluding hydrogens is 316 g/mol. The van der Waals surface area contributed by atoms with Gasteiger partial charge in [-0.25, -0.2) is 0 Å². The summed E-state index contributed by atoms with van der Waals surface area (Å²) in [6.45, 7) is 7.80. The van der Waals surface area contributed by atoms with Crippen molar-refractivity contribution in [1.29, 1.82) is 0 Å². The number of likely N-dealkylation sites (tertiary alicyclic amines) is 1. The van der Waals surface area contributed by atoms with E-state index in [-0.39, 0.29) is 35.9 Å². The fraction of sp³-hybridized carbons (Fsp3) is 0.600. The van der Waals surface area contributed by atoms with Crippen LogP contribution in [0.25, 0.3) is 0 Å². The third-order valence-corrected chi connectivity index (χ3v) is 5.22. The molecule has 3 atom stereocenters. The monoisotopic (exact) mass is 344 g/mol. The molecule has 5 heteroatoms. The molecule has 2 aliphatic rings. The number of hydrogen-bond acceptors (Lipinski definition) is 3. The number of amides is 2. The topological polar surface area (TPSA) is 49.9 Å². The SMILES string of the molecule is CC(C)[C@@H](C(=O)N1C[C@@H](c2ccccc2)OC[C@@H]1C)N1CCCC1=O. The van der Waals surface area contributed by atoms with Gasteiger partial charge < -0.3 is 14.5 Å². The molecule has 0 spiro atoms. The first kappa shape index (κ1) is 17.9. The number of morpholine rings is 1. The Morgan fingerprint density at radius 3 is 2.56 bits per heavy atom. The molecule has 2 aliphatic heterocycles. The fourth-order valence-corrected chi connectivity index (χ4v) is 3.84. The lowest BCUT2D eigenvalue weighted by molar-refractivity contribution is -0.155. The van der Waals surface area contributed by atoms with Crippen molar-refractivity contribution in [3.8, 4) is 0 Å². The summed E-state index contributed by atoms with van der Waals surface area (Å²) in [5.41, 5.74) is 1.09. The number of ether oxygens (including phenoxy) is 1. The summed E-state index contributed by atoms with van der Waals surface area (Å²) in [6.07, 6.45) is 1.30. The van der Waals surface area contributed by atoms with E-state index in [2.05, 4.69) is 0 Å². The van der Waals surface area contributed by atoms with Crippen LogP contribution in [0, 0.1) is 5.92 Å². The lowest BCUT2D eigenvalue weighted by Crippen LogP contribution is -2.57. The summed E-state index contributed by atoms with van der Waals surface area (Å²) in [5, 5.41) is 0. The van der Waals surface area contributed by atoms with Crippen LogP contribution in [0.4, 0.5) is 0 Å². The van der Waals surface area contributed by atoms with Gasteiger partial charge in [-0.2, -0.15) is 0 Å². The van der Waals surface area contributed by atoms with E-state index in [4.69, 9.17) is 4.74 Å². The van der Waals surface area contributed by atoms with Crippen molar-refractivity contribution >= 4 is 11.8 Å². The Morgan fingerprint density at radius 1 is 1.24 bits per heavy atom. The van der Waals surface area contributed by atoms with E-state index in [0.29, 0.717) is 26.1 Å². The van der Waals surface area contributed by atoms with Crippen LogP contribution in [0.15, 0.2) is 30.3 Å². The number of carbonyl (C=O) groups is 2. The summed E-state index contributed by atoms with van der Waals surface area (Å²) in [5.74, 6) is 0.259. The summed E-state index contributed by atoms with van der Waals surface area (Å²) < 4.78 is 5.97. The lowest BCUT2D eigenvalue weighted by Gasteiger charge is -2.42. The summed E-state index contributed by atoms with van der Waals surface area (Å²) >= 11 is 0. The third kappa shape index (κ3) is 3.71. The van der Waals surface area contributed by atoms with Crippen molar-refractivity contribution in [3.63, 3.8) is 0 Å². The van der Waals surface area contributed by atoms with Gasteiger partial charge in [-0.3, -0.25) is 9.59 Å². The highest BCUT2D eigenvalue weighted by atomic mass is 16.5. The lowest BCUT2D eigenvalue weighted by atomic mass is 9.98. The van der Waals surface area contributed by atoms with Gasteiger partial charge in [-0.05, 0) is 24.8 Å². The largest absolute Gasteiger partial charge is 0.370 e. The van der Waals surface area contributed by atoms with Crippen molar-refractivity contribution in [2.24, 2.45) is 5.92 Å². The zero-order valence-electron chi connectivity index (χ0n) is 15.4. The molecule has 3 rings (SSSR count). The zero-order chi connectivity index (χ0) is 18.0. The molecule has 2 saturated heterocycles. The van der Waals surface area contributed by atoms with Gasteiger partial charge >= 0.3 is 0 Å². The second kappa shape index (κ2) is 7.56. The van der Waals surface area contributed by atoms with Gasteiger partial charge in [0.15, 0.2) is 0 Å². The normalized spacial score (nSPS) is 25.5. The molecule has 1 aromatic rings. The molecule has 0 radical (unpaired) electrons. The van der Waals surface area contributed by atoms with Crippen molar-refractivity contribution in [2.45, 2.75) is 51.8 Å². The first-order chi connectivity index (χ1) is 12.0. The van der Waals surface area contributed by atoms with Crippen LogP contribution < -0.4 is 0 Å². The maximum Gasteiger partial charge on any atom is 0.246 e. The van der Waals surface area contributed by atoms with E-state index in [9.17, 15) is 9.59 Å². The molecule has 0 aliphatic carbocycles. The van der Waals surface area contributed by atoms with Crippen molar-refractivity contribution < 1.29 is 14.3 Å². The van der Waals surface area contributed by atoms with Crippen molar-refractivity contribution in [3.05, 3.63) is 35.9 Å². The van der Waals surface area contributed by atoms with Crippen LogP contribution in [0.1, 0.15) is 45.3 Å². The predicted molar refractivity (Wildman–Crippen MR) is 95.9 cm³/mol. The molecule has 0 bridgehead atoms. The van der Waals surface area contributed by atoms with E-state index >= 15 is 0 Å². The Balaban J connectivity index is 1.79. The molecular formula is C20H28N2O3. The third-order valence-electron chi connectivity index (χ3n) is 5.22. The Labute approximate surface area is 149 Å². The molecule has 25 heavy (non-hydrogen) atoms. The highest BCUT2D eigenvalue weighted by Gasteiger charge is 2.40. The zero-order valence-corrected chi connectivity index (χ0v) is 15.4. The van der Waals surface area contributed by atoms with Gasteiger partial charge in [0.1, 0.15) is 12.1 Å². The van der Waals surface area contributed by atoms with Gasteiger partial charge in [0.2, 0.25) is 11.8 Å². The minimum absolute atomic E-state index is 0.0198. The first-order valence-electron chi connectivity index (χ1n) is 9.25. The van der Waals surface area contributed by atoms with Crippen LogP contribution in [0.2, 0.25) is 0 Å². The van der Waals surface area contributed by atoms with Gasteiger partial charge in [0.05, 0.1) is 19.2 Å². The molecule has 136 valence electrons. The van der Waals surface area contributed by atoms with Crippen LogP contribution in [-0.2, 0) is 14.3 Å². The summed E-state index contributed by atoms with van der Waals surface area (Å²) in [7, 11) is 0. The van der Waals surface area contributed by atoms with E-state index in [1.807, 2.05) is 56.0 Å². The number of carbonyl (C=O) groups excluding carboxylic acids is 2. The predicted octanol–water partition coefficient (Wildman–Crippen LogP) is 2.62. The standard InChI is InChI=1S/C20H28N2O3/c1-14(2)19(21-11-7-10-18(21)23)20(24)22-12-17(25-13-15(22)3)16-8-5-4-6-9-16/h4-6,8-9,14-15,17,19H,7,10-13H2,1-3H3/t15-,17-,19-/m0/s1. The molecule has 0 aromatic heterocycles. The molecule has 2 heterocycles. The molecule has 2 fully saturated rings. The van der Waals surface area contributed by atoms with Gasteiger partial charge in [0, 0.05) is 13.0 Å². The minimum atomic E-state index is -0.369. The second-order valence-electron chi connectivity index (χ2n) is 7.45. The van der Waals surface area contributed by atoms with Crippen molar-refractivity contribution in [2.75, 3.05) is 19.7 Å². The van der Waals surface area contributed by atoms with Gasteiger partial charge in [-0.1, -0.05) is 44.2 Å². The van der Waals surface area contributed by atoms with Gasteiger partial charge in [-0.15, -0.1) is 0 Å². The molecule has 0 saturated carbocycles. The Bertz CT molecular complexity index is 617. The maximum atomic E-state index is 13.3. The summed E-state index contributed by atoms with van der Waals surface area (Å²) in [6, 6.07) is 9.68. The molecule has 5 nitrogen and oxygen atoms in total. The van der Waals surface area contributed by atoms with E-state index in [1.165, 1.54) is 0 Å². The van der Waals surface area contributed by atoms with E-state index in [1.54, 1.807) is 4.90 Å². The average Bonchev–Trinajstić information content (AvgIpc) is 3.01. The smallest absolute Gasteiger partial charge is 0.246 e. The molecule has 1 aromatic carbocycles. The first-order valence-corrected chi connectivity index (χ1v) is 9.25. The quantitative estimate of drug-likeness (QED) is 0.844. The number of benzene rings is 1. The van der Waals surface area contributed by atoms with Crippen LogP contribution in [0.3, 0.4) is 0 Å². The number of nitrogens with zero attached hydrogens (tertiary/aromatic N) is 2. The Kier molecular flexibility index (Phi) is 5.42. The molecule has 0 unspecified atom stereocenters. The van der Waals surface area contributed by atoms with Gasteiger partial charge in [0.25, 0.3) is 0 Å². The molecule has 0 N–H and O–H groups in total. The van der Waals surface area contributed by atoms with E-state index in [0.717, 1.165) is 12.0 Å². The average molecular weight is 344 g/mol. The van der Waals surface area contributed by atoms with Crippen LogP contribution >= 0.6 is 0 Å². The highest BCUT2D eigenvalue weighted by molar-refractivity contribution is 5.89. The summed E-state index contributed by atoms with van der Waals surface area (Å²) in [4.78, 5) is 29.2. The molecule has 2 amide bonds. The van der Waals surface area contributed by atoms with Crippen molar-refractivity contribution in [1.82, 2.24) is 9.80 Å². The second-order valence-corrected chi connectivity index (χ2v) is 7.45. The van der Waals surface area contributed by atoms with Crippen LogP contribution in [0.5, 0.6) is 0 Å². The highest BCUT2D eigenvalue weighted by Crippen LogP contribution is 2.28. The Morgan fingerprint density at radius 2 is 1.96 bits per heavy atom. The van der Waals surface area contributed by atoms with E-state index < -0.39 is 0 Å². The van der Waals surface area contributed by atoms with Crippen LogP contribution in [-0.4, -0.2) is 53.4 Å². The minimum Gasteiger partial charge on any atom is -0.370 e. The fourth-order valence-electron chi connectivity index (χ4n) is 3.84. The number of hydrogen-bond donors (Lipinski definition) is 0.